The van der Waals surface area contributed by atoms with E-state index in [1.54, 1.807) is 0 Å². The minimum absolute atomic E-state index is 0.0455. The lowest BCUT2D eigenvalue weighted by Gasteiger charge is -2.68. The van der Waals surface area contributed by atoms with E-state index in [1.807, 2.05) is 0 Å². The van der Waals surface area contributed by atoms with Gasteiger partial charge < -0.3 is 46.0 Å². The van der Waals surface area contributed by atoms with E-state index in [-0.39, 0.29) is 34.3 Å². The van der Waals surface area contributed by atoms with Gasteiger partial charge >= 0.3 is 0 Å². The van der Waals surface area contributed by atoms with Crippen molar-refractivity contribution < 1.29 is 46.0 Å². The third-order valence-corrected chi connectivity index (χ3v) is 9.21. The van der Waals surface area contributed by atoms with Crippen LogP contribution in [-0.4, -0.2) is 46.0 Å². The SMILES string of the molecule is Oc1ccc(O)c(C23CC4CC(CC(C4)C2(c2c(O)ccc(O)c2O)c2c(O)ccc(O)c2O)C3)c1O. The molecule has 2 atom stereocenters. The van der Waals surface area contributed by atoms with Crippen LogP contribution in [0.4, 0.5) is 0 Å². The highest BCUT2D eigenvalue weighted by Crippen LogP contribution is 2.76. The third kappa shape index (κ3) is 2.74. The molecule has 7 rings (SSSR count). The maximum absolute atomic E-state index is 11.3. The maximum Gasteiger partial charge on any atom is 0.165 e. The predicted molar refractivity (Wildman–Crippen MR) is 130 cm³/mol. The lowest BCUT2D eigenvalue weighted by atomic mass is 9.34. The molecule has 0 aromatic heterocycles. The molecular formula is C28H28O9. The molecule has 9 nitrogen and oxygen atoms in total. The van der Waals surface area contributed by atoms with Crippen molar-refractivity contribution in [3.05, 3.63) is 53.1 Å². The van der Waals surface area contributed by atoms with Gasteiger partial charge in [0.15, 0.2) is 34.5 Å². The van der Waals surface area contributed by atoms with Gasteiger partial charge in [0.1, 0.15) is 17.2 Å². The van der Waals surface area contributed by atoms with E-state index >= 15 is 0 Å². The van der Waals surface area contributed by atoms with Crippen LogP contribution in [0.25, 0.3) is 0 Å². The number of rotatable bonds is 3. The Morgan fingerprint density at radius 1 is 0.459 bits per heavy atom. The summed E-state index contributed by atoms with van der Waals surface area (Å²) in [6.07, 6.45) is 2.59. The van der Waals surface area contributed by atoms with Gasteiger partial charge in [0.05, 0.1) is 11.1 Å². The molecule has 9 heteroatoms. The number of hydrogen-bond donors (Lipinski definition) is 9. The third-order valence-electron chi connectivity index (χ3n) is 9.21. The number of phenolic OH excluding ortho intramolecular Hbond substituents is 9. The van der Waals surface area contributed by atoms with Crippen molar-refractivity contribution in [3.8, 4) is 51.7 Å². The monoisotopic (exact) mass is 508 g/mol. The molecule has 4 bridgehead atoms. The number of aromatic hydroxyl groups is 9. The van der Waals surface area contributed by atoms with E-state index in [0.29, 0.717) is 25.7 Å². The zero-order chi connectivity index (χ0) is 26.4. The highest BCUT2D eigenvalue weighted by Gasteiger charge is 2.71. The molecule has 0 heterocycles. The Bertz CT molecular complexity index is 1370. The lowest BCUT2D eigenvalue weighted by molar-refractivity contribution is -0.0718. The van der Waals surface area contributed by atoms with Crippen LogP contribution in [0.5, 0.6) is 51.7 Å². The molecule has 0 saturated heterocycles. The fourth-order valence-electron chi connectivity index (χ4n) is 8.40. The number of phenols is 9. The largest absolute Gasteiger partial charge is 0.508 e. The second-order valence-corrected chi connectivity index (χ2v) is 10.9. The zero-order valence-corrected chi connectivity index (χ0v) is 19.8. The van der Waals surface area contributed by atoms with Crippen LogP contribution in [0.15, 0.2) is 36.4 Å². The van der Waals surface area contributed by atoms with E-state index in [4.69, 9.17) is 0 Å². The minimum atomic E-state index is -1.75. The van der Waals surface area contributed by atoms with Gasteiger partial charge in [-0.2, -0.15) is 0 Å². The first-order valence-corrected chi connectivity index (χ1v) is 12.3. The van der Waals surface area contributed by atoms with Gasteiger partial charge in [-0.15, -0.1) is 0 Å². The second kappa shape index (κ2) is 7.44. The predicted octanol–water partition coefficient (Wildman–Crippen LogP) is 4.10. The first-order valence-electron chi connectivity index (χ1n) is 12.3. The maximum atomic E-state index is 11.3. The second-order valence-electron chi connectivity index (χ2n) is 10.9. The molecule has 0 amide bonds. The molecule has 9 N–H and O–H groups in total. The average Bonchev–Trinajstić information content (AvgIpc) is 2.84. The summed E-state index contributed by atoms with van der Waals surface area (Å²) in [7, 11) is 0. The molecule has 0 radical (unpaired) electrons. The number of benzene rings is 3. The van der Waals surface area contributed by atoms with Crippen LogP contribution < -0.4 is 0 Å². The van der Waals surface area contributed by atoms with E-state index in [2.05, 4.69) is 0 Å². The van der Waals surface area contributed by atoms with Crippen molar-refractivity contribution in [2.24, 2.45) is 17.8 Å². The van der Waals surface area contributed by atoms with Gasteiger partial charge in [-0.05, 0) is 86.3 Å². The molecule has 3 aromatic carbocycles. The highest BCUT2D eigenvalue weighted by molar-refractivity contribution is 5.72. The Kier molecular flexibility index (Phi) is 4.68. The summed E-state index contributed by atoms with van der Waals surface area (Å²) in [6, 6.07) is 6.96. The highest BCUT2D eigenvalue weighted by atomic mass is 16.3. The summed E-state index contributed by atoms with van der Waals surface area (Å²) < 4.78 is 0. The van der Waals surface area contributed by atoms with Crippen LogP contribution in [0.2, 0.25) is 0 Å². The first kappa shape index (κ1) is 23.3. The minimum Gasteiger partial charge on any atom is -0.508 e. The Morgan fingerprint density at radius 2 is 0.811 bits per heavy atom. The van der Waals surface area contributed by atoms with Crippen molar-refractivity contribution in [2.75, 3.05) is 0 Å². The van der Waals surface area contributed by atoms with Gasteiger partial charge in [0, 0.05) is 16.4 Å². The van der Waals surface area contributed by atoms with Gasteiger partial charge in [-0.1, -0.05) is 0 Å². The Morgan fingerprint density at radius 3 is 1.24 bits per heavy atom. The van der Waals surface area contributed by atoms with Gasteiger partial charge in [0.2, 0.25) is 0 Å². The van der Waals surface area contributed by atoms with Gasteiger partial charge in [0.25, 0.3) is 0 Å². The van der Waals surface area contributed by atoms with Crippen LogP contribution >= 0.6 is 0 Å². The standard InChI is InChI=1S/C28H28O9/c29-15-1-4-18(32)24(35)21(15)27-10-12-7-13(11-27)9-14(8-12)28(27,22-16(30)2-5-19(33)25(22)36)23-17(31)3-6-20(34)26(23)37/h1-6,12-14,29-37H,7-11H2. The quantitative estimate of drug-likeness (QED) is 0.186. The Balaban J connectivity index is 1.87. The topological polar surface area (TPSA) is 182 Å². The molecule has 194 valence electrons. The van der Waals surface area contributed by atoms with Crippen molar-refractivity contribution in [2.45, 2.75) is 42.9 Å². The van der Waals surface area contributed by atoms with Crippen LogP contribution in [0, 0.1) is 17.8 Å². The average molecular weight is 509 g/mol. The summed E-state index contributed by atoms with van der Waals surface area (Å²) >= 11 is 0. The number of hydrogen-bond acceptors (Lipinski definition) is 9. The molecule has 4 aliphatic carbocycles. The summed E-state index contributed by atoms with van der Waals surface area (Å²) in [5.74, 6) is -5.06. The van der Waals surface area contributed by atoms with E-state index in [1.165, 1.54) is 18.2 Å². The van der Waals surface area contributed by atoms with E-state index < -0.39 is 62.7 Å². The zero-order valence-electron chi connectivity index (χ0n) is 19.8. The van der Waals surface area contributed by atoms with Gasteiger partial charge in [-0.3, -0.25) is 0 Å². The van der Waals surface area contributed by atoms with Crippen molar-refractivity contribution in [3.63, 3.8) is 0 Å². The molecule has 4 fully saturated rings. The molecule has 37 heavy (non-hydrogen) atoms. The Hall–Kier alpha value is -4.14. The van der Waals surface area contributed by atoms with Crippen LogP contribution in [0.1, 0.15) is 48.8 Å². The lowest BCUT2D eigenvalue weighted by Crippen LogP contribution is -2.65. The van der Waals surface area contributed by atoms with Crippen LogP contribution in [-0.2, 0) is 10.8 Å². The summed E-state index contributed by atoms with van der Waals surface area (Å²) in [6.45, 7) is 0. The van der Waals surface area contributed by atoms with Gasteiger partial charge in [-0.25, -0.2) is 0 Å². The summed E-state index contributed by atoms with van der Waals surface area (Å²) in [4.78, 5) is 0. The molecule has 2 unspecified atom stereocenters. The molecule has 3 aromatic rings. The van der Waals surface area contributed by atoms with E-state index in [0.717, 1.165) is 24.6 Å². The Labute approximate surface area is 211 Å². The molecule has 4 saturated carbocycles. The fourth-order valence-corrected chi connectivity index (χ4v) is 8.40. The fraction of sp³-hybridized carbons (Fsp3) is 0.357. The smallest absolute Gasteiger partial charge is 0.165 e. The molecule has 0 spiro atoms. The van der Waals surface area contributed by atoms with Crippen LogP contribution in [0.3, 0.4) is 0 Å². The summed E-state index contributed by atoms with van der Waals surface area (Å²) in [5, 5.41) is 99.1. The van der Waals surface area contributed by atoms with Crippen molar-refractivity contribution in [1.82, 2.24) is 0 Å². The molecular weight excluding hydrogens is 480 g/mol. The van der Waals surface area contributed by atoms with Crippen molar-refractivity contribution in [1.29, 1.82) is 0 Å². The van der Waals surface area contributed by atoms with E-state index in [9.17, 15) is 46.0 Å². The first-order chi connectivity index (χ1) is 17.5. The van der Waals surface area contributed by atoms with Crippen molar-refractivity contribution >= 4 is 0 Å². The normalized spacial score (nSPS) is 27.4. The molecule has 4 aliphatic rings. The molecule has 0 aliphatic heterocycles. The summed E-state index contributed by atoms with van der Waals surface area (Å²) in [5.41, 5.74) is -3.58.